The van der Waals surface area contributed by atoms with E-state index in [1.807, 2.05) is 0 Å². The molecule has 0 amide bonds. The number of nitrogens with zero attached hydrogens (tertiary/aromatic N) is 3. The minimum Gasteiger partial charge on any atom is -0.314 e. The highest BCUT2D eigenvalue weighted by molar-refractivity contribution is 5.81. The Balaban J connectivity index is 1.90. The molecule has 1 aliphatic heterocycles. The van der Waals surface area contributed by atoms with Crippen molar-refractivity contribution in [2.45, 2.75) is 39.4 Å². The van der Waals surface area contributed by atoms with Gasteiger partial charge in [0.25, 0.3) is 0 Å². The van der Waals surface area contributed by atoms with E-state index in [0.717, 1.165) is 32.7 Å². The number of piperazine rings is 1. The zero-order valence-electron chi connectivity index (χ0n) is 12.5. The minimum absolute atomic E-state index is 0.634. The molecule has 1 aliphatic rings. The molecule has 1 fully saturated rings. The van der Waals surface area contributed by atoms with Gasteiger partial charge in [0, 0.05) is 44.2 Å². The van der Waals surface area contributed by atoms with Crippen LogP contribution in [0.25, 0.3) is 10.9 Å². The summed E-state index contributed by atoms with van der Waals surface area (Å²) in [6.07, 6.45) is 1.19. The smallest absolute Gasteiger partial charge is 0.0843 e. The van der Waals surface area contributed by atoms with Gasteiger partial charge in [0.15, 0.2) is 0 Å². The van der Waals surface area contributed by atoms with Crippen molar-refractivity contribution >= 4 is 10.9 Å². The van der Waals surface area contributed by atoms with Crippen LogP contribution in [0.2, 0.25) is 0 Å². The van der Waals surface area contributed by atoms with E-state index in [4.69, 9.17) is 5.10 Å². The summed E-state index contributed by atoms with van der Waals surface area (Å²) < 4.78 is 2.12. The molecule has 1 unspecified atom stereocenters. The number of fused-ring (bicyclic) bond motifs is 1. The van der Waals surface area contributed by atoms with E-state index in [-0.39, 0.29) is 0 Å². The largest absolute Gasteiger partial charge is 0.314 e. The van der Waals surface area contributed by atoms with Crippen molar-refractivity contribution in [3.8, 4) is 0 Å². The summed E-state index contributed by atoms with van der Waals surface area (Å²) in [6.45, 7) is 9.63. The summed E-state index contributed by atoms with van der Waals surface area (Å²) in [7, 11) is 0. The van der Waals surface area contributed by atoms with E-state index in [1.54, 1.807) is 0 Å². The molecule has 1 atom stereocenters. The predicted octanol–water partition coefficient (Wildman–Crippen LogP) is 2.24. The van der Waals surface area contributed by atoms with Crippen LogP contribution in [-0.4, -0.2) is 40.4 Å². The summed E-state index contributed by atoms with van der Waals surface area (Å²) in [5.41, 5.74) is 2.48. The van der Waals surface area contributed by atoms with E-state index in [9.17, 15) is 0 Å². The highest BCUT2D eigenvalue weighted by atomic mass is 15.3. The number of nitrogens with one attached hydrogen (secondary N) is 1. The number of hydrogen-bond donors (Lipinski definition) is 1. The summed E-state index contributed by atoms with van der Waals surface area (Å²) >= 11 is 0. The zero-order valence-corrected chi connectivity index (χ0v) is 12.5. The van der Waals surface area contributed by atoms with Gasteiger partial charge in [0.05, 0.1) is 11.2 Å². The number of aromatic nitrogens is 2. The van der Waals surface area contributed by atoms with Gasteiger partial charge in [0.1, 0.15) is 0 Å². The predicted molar refractivity (Wildman–Crippen MR) is 82.8 cm³/mol. The Bertz CT molecular complexity index is 575. The first-order chi connectivity index (χ1) is 9.83. The van der Waals surface area contributed by atoms with Crippen LogP contribution < -0.4 is 5.32 Å². The van der Waals surface area contributed by atoms with Gasteiger partial charge in [-0.3, -0.25) is 9.58 Å². The summed E-state index contributed by atoms with van der Waals surface area (Å²) in [5, 5.41) is 9.62. The van der Waals surface area contributed by atoms with Gasteiger partial charge in [-0.2, -0.15) is 5.10 Å². The third-order valence-electron chi connectivity index (χ3n) is 4.33. The lowest BCUT2D eigenvalue weighted by Crippen LogP contribution is -2.50. The Morgan fingerprint density at radius 3 is 2.95 bits per heavy atom. The standard InChI is InChI=1S/C16H24N4/c1-3-13-11-17-9-10-19(13)12-15-14-7-5-6-8-16(14)20(4-2)18-15/h5-8,13,17H,3-4,9-12H2,1-2H3. The van der Waals surface area contributed by atoms with Crippen molar-refractivity contribution in [1.82, 2.24) is 20.0 Å². The van der Waals surface area contributed by atoms with E-state index in [2.05, 4.69) is 53.0 Å². The SMILES string of the molecule is CCC1CNCCN1Cc1nn(CC)c2ccccc12. The molecule has 1 aromatic carbocycles. The molecule has 3 rings (SSSR count). The molecule has 20 heavy (non-hydrogen) atoms. The summed E-state index contributed by atoms with van der Waals surface area (Å²) in [4.78, 5) is 2.57. The number of benzene rings is 1. The minimum atomic E-state index is 0.634. The van der Waals surface area contributed by atoms with Gasteiger partial charge in [-0.15, -0.1) is 0 Å². The quantitative estimate of drug-likeness (QED) is 0.926. The van der Waals surface area contributed by atoms with E-state index in [1.165, 1.54) is 23.0 Å². The number of aryl methyl sites for hydroxylation is 1. The Morgan fingerprint density at radius 2 is 2.15 bits per heavy atom. The first-order valence-corrected chi connectivity index (χ1v) is 7.72. The lowest BCUT2D eigenvalue weighted by molar-refractivity contribution is 0.147. The fourth-order valence-corrected chi connectivity index (χ4v) is 3.16. The summed E-state index contributed by atoms with van der Waals surface area (Å²) in [6, 6.07) is 9.22. The molecule has 2 heterocycles. The molecular formula is C16H24N4. The molecule has 4 heteroatoms. The molecule has 0 aliphatic carbocycles. The lowest BCUT2D eigenvalue weighted by atomic mass is 10.1. The van der Waals surface area contributed by atoms with Gasteiger partial charge >= 0.3 is 0 Å². The highest BCUT2D eigenvalue weighted by Gasteiger charge is 2.22. The van der Waals surface area contributed by atoms with E-state index < -0.39 is 0 Å². The van der Waals surface area contributed by atoms with Crippen molar-refractivity contribution in [3.63, 3.8) is 0 Å². The average Bonchev–Trinajstić information content (AvgIpc) is 2.86. The Labute approximate surface area is 120 Å². The van der Waals surface area contributed by atoms with Gasteiger partial charge < -0.3 is 5.32 Å². The van der Waals surface area contributed by atoms with Crippen LogP contribution in [0.5, 0.6) is 0 Å². The van der Waals surface area contributed by atoms with Gasteiger partial charge in [-0.1, -0.05) is 25.1 Å². The first-order valence-electron chi connectivity index (χ1n) is 7.72. The Hall–Kier alpha value is -1.39. The van der Waals surface area contributed by atoms with Crippen molar-refractivity contribution < 1.29 is 0 Å². The fraction of sp³-hybridized carbons (Fsp3) is 0.562. The molecule has 2 aromatic rings. The van der Waals surface area contributed by atoms with Gasteiger partial charge in [-0.25, -0.2) is 0 Å². The van der Waals surface area contributed by atoms with Crippen molar-refractivity contribution in [2.75, 3.05) is 19.6 Å². The Kier molecular flexibility index (Phi) is 4.03. The van der Waals surface area contributed by atoms with Crippen molar-refractivity contribution in [2.24, 2.45) is 0 Å². The van der Waals surface area contributed by atoms with Crippen LogP contribution in [0.4, 0.5) is 0 Å². The normalized spacial score (nSPS) is 20.6. The van der Waals surface area contributed by atoms with Gasteiger partial charge in [0.2, 0.25) is 0 Å². The third kappa shape index (κ3) is 2.45. The number of para-hydroxylation sites is 1. The number of rotatable bonds is 4. The molecule has 0 saturated carbocycles. The maximum atomic E-state index is 4.83. The lowest BCUT2D eigenvalue weighted by Gasteiger charge is -2.35. The van der Waals surface area contributed by atoms with Gasteiger partial charge in [-0.05, 0) is 19.4 Å². The van der Waals surface area contributed by atoms with Crippen molar-refractivity contribution in [1.29, 1.82) is 0 Å². The second kappa shape index (κ2) is 5.94. The molecule has 1 saturated heterocycles. The van der Waals surface area contributed by atoms with Crippen LogP contribution in [0, 0.1) is 0 Å². The first kappa shape index (κ1) is 13.6. The number of hydrogen-bond acceptors (Lipinski definition) is 3. The van der Waals surface area contributed by atoms with Crippen LogP contribution in [-0.2, 0) is 13.1 Å². The molecule has 4 nitrogen and oxygen atoms in total. The topological polar surface area (TPSA) is 33.1 Å². The molecule has 0 spiro atoms. The van der Waals surface area contributed by atoms with Crippen LogP contribution in [0.15, 0.2) is 24.3 Å². The van der Waals surface area contributed by atoms with E-state index >= 15 is 0 Å². The molecular weight excluding hydrogens is 248 g/mol. The molecule has 108 valence electrons. The van der Waals surface area contributed by atoms with Crippen LogP contribution >= 0.6 is 0 Å². The maximum absolute atomic E-state index is 4.83. The monoisotopic (exact) mass is 272 g/mol. The van der Waals surface area contributed by atoms with Crippen molar-refractivity contribution in [3.05, 3.63) is 30.0 Å². The van der Waals surface area contributed by atoms with E-state index in [0.29, 0.717) is 6.04 Å². The Morgan fingerprint density at radius 1 is 1.30 bits per heavy atom. The maximum Gasteiger partial charge on any atom is 0.0843 e. The zero-order chi connectivity index (χ0) is 13.9. The van der Waals surface area contributed by atoms with Crippen LogP contribution in [0.1, 0.15) is 26.0 Å². The molecule has 1 N–H and O–H groups in total. The fourth-order valence-electron chi connectivity index (χ4n) is 3.16. The second-order valence-corrected chi connectivity index (χ2v) is 5.52. The molecule has 0 radical (unpaired) electrons. The molecule has 1 aromatic heterocycles. The third-order valence-corrected chi connectivity index (χ3v) is 4.33. The van der Waals surface area contributed by atoms with Crippen LogP contribution in [0.3, 0.4) is 0 Å². The second-order valence-electron chi connectivity index (χ2n) is 5.52. The average molecular weight is 272 g/mol. The molecule has 0 bridgehead atoms. The highest BCUT2D eigenvalue weighted by Crippen LogP contribution is 2.21. The summed E-state index contributed by atoms with van der Waals surface area (Å²) in [5.74, 6) is 0.